The number of carbonyl (C=O) groups excluding carboxylic acids is 2. The van der Waals surface area contributed by atoms with E-state index in [2.05, 4.69) is 28.3 Å². The number of para-hydroxylation sites is 1. The summed E-state index contributed by atoms with van der Waals surface area (Å²) in [4.78, 5) is 31.5. The minimum absolute atomic E-state index is 0.159. The van der Waals surface area contributed by atoms with Crippen LogP contribution < -0.4 is 10.6 Å². The average molecular weight is 376 g/mol. The Hall–Kier alpha value is -3.15. The summed E-state index contributed by atoms with van der Waals surface area (Å²) in [6.45, 7) is 6.62. The molecule has 6 nitrogen and oxygen atoms in total. The van der Waals surface area contributed by atoms with Crippen LogP contribution in [-0.2, 0) is 22.6 Å². The molecule has 3 aliphatic rings. The van der Waals surface area contributed by atoms with Gasteiger partial charge in [0.15, 0.2) is 0 Å². The third kappa shape index (κ3) is 3.50. The smallest absolute Gasteiger partial charge is 0.253 e. The Kier molecular flexibility index (Phi) is 4.63. The van der Waals surface area contributed by atoms with Crippen molar-refractivity contribution >= 4 is 23.2 Å². The van der Waals surface area contributed by atoms with Crippen LogP contribution in [0.1, 0.15) is 30.9 Å². The maximum Gasteiger partial charge on any atom is 0.253 e. The second kappa shape index (κ2) is 7.11. The van der Waals surface area contributed by atoms with Crippen LogP contribution >= 0.6 is 0 Å². The van der Waals surface area contributed by atoms with E-state index >= 15 is 0 Å². The molecule has 2 N–H and O–H groups in total. The SMILES string of the molecule is C=C1C(C(=O)NC)=CC(C(=O)NC2CC2)=CN1Cc1cccc2c1N=C(C)C2. The summed E-state index contributed by atoms with van der Waals surface area (Å²) in [5.41, 5.74) is 5.76. The highest BCUT2D eigenvalue weighted by molar-refractivity contribution is 6.04. The number of aliphatic imine (C=N–C) groups is 1. The predicted octanol–water partition coefficient (Wildman–Crippen LogP) is 2.50. The van der Waals surface area contributed by atoms with Crippen molar-refractivity contribution in [2.75, 3.05) is 7.05 Å². The summed E-state index contributed by atoms with van der Waals surface area (Å²) >= 11 is 0. The van der Waals surface area contributed by atoms with E-state index < -0.39 is 0 Å². The Labute approximate surface area is 164 Å². The molecule has 2 aliphatic heterocycles. The largest absolute Gasteiger partial charge is 0.355 e. The standard InChI is InChI=1S/C22H24N4O2/c1-13-9-15-5-4-6-16(20(15)24-13)11-26-12-17(21(27)25-18-7-8-18)10-19(14(26)2)22(28)23-3/h4-6,10,12,18H,2,7-9,11H2,1,3H3,(H,23,28)(H,25,27). The van der Waals surface area contributed by atoms with Crippen molar-refractivity contribution in [3.05, 3.63) is 65.0 Å². The van der Waals surface area contributed by atoms with Crippen LogP contribution in [0.15, 0.2) is 58.9 Å². The van der Waals surface area contributed by atoms with Gasteiger partial charge in [0.1, 0.15) is 0 Å². The number of fused-ring (bicyclic) bond motifs is 1. The Morgan fingerprint density at radius 1 is 1.29 bits per heavy atom. The fourth-order valence-corrected chi connectivity index (χ4v) is 3.52. The first-order valence-corrected chi connectivity index (χ1v) is 9.53. The molecule has 28 heavy (non-hydrogen) atoms. The van der Waals surface area contributed by atoms with Gasteiger partial charge in [-0.05, 0) is 37.0 Å². The van der Waals surface area contributed by atoms with Gasteiger partial charge in [-0.1, -0.05) is 24.8 Å². The van der Waals surface area contributed by atoms with Crippen LogP contribution in [0.25, 0.3) is 0 Å². The molecule has 2 heterocycles. The molecule has 2 amide bonds. The maximum absolute atomic E-state index is 12.6. The van der Waals surface area contributed by atoms with Crippen molar-refractivity contribution in [1.29, 1.82) is 0 Å². The van der Waals surface area contributed by atoms with E-state index in [-0.39, 0.29) is 17.9 Å². The van der Waals surface area contributed by atoms with Crippen molar-refractivity contribution in [2.45, 2.75) is 38.8 Å². The van der Waals surface area contributed by atoms with Crippen molar-refractivity contribution in [3.8, 4) is 0 Å². The zero-order chi connectivity index (χ0) is 19.8. The summed E-state index contributed by atoms with van der Waals surface area (Å²) in [6.07, 6.45) is 6.27. The van der Waals surface area contributed by atoms with E-state index in [0.29, 0.717) is 23.4 Å². The van der Waals surface area contributed by atoms with E-state index in [1.165, 1.54) is 5.56 Å². The highest BCUT2D eigenvalue weighted by atomic mass is 16.2. The zero-order valence-electron chi connectivity index (χ0n) is 16.2. The maximum atomic E-state index is 12.6. The first kappa shape index (κ1) is 18.2. The van der Waals surface area contributed by atoms with Gasteiger partial charge in [0.25, 0.3) is 11.8 Å². The lowest BCUT2D eigenvalue weighted by Gasteiger charge is -2.29. The number of nitrogens with zero attached hydrogens (tertiary/aromatic N) is 2. The van der Waals surface area contributed by atoms with E-state index in [9.17, 15) is 9.59 Å². The first-order valence-electron chi connectivity index (χ1n) is 9.53. The lowest BCUT2D eigenvalue weighted by molar-refractivity contribution is -0.117. The molecule has 144 valence electrons. The molecule has 1 aliphatic carbocycles. The quantitative estimate of drug-likeness (QED) is 0.829. The van der Waals surface area contributed by atoms with Gasteiger partial charge in [0.05, 0.1) is 16.8 Å². The number of carbonyl (C=O) groups is 2. The Morgan fingerprint density at radius 2 is 2.07 bits per heavy atom. The molecule has 0 radical (unpaired) electrons. The van der Waals surface area contributed by atoms with E-state index in [0.717, 1.165) is 36.2 Å². The minimum Gasteiger partial charge on any atom is -0.355 e. The Balaban J connectivity index is 1.65. The predicted molar refractivity (Wildman–Crippen MR) is 109 cm³/mol. The fourth-order valence-electron chi connectivity index (χ4n) is 3.52. The second-order valence-electron chi connectivity index (χ2n) is 7.49. The third-order valence-electron chi connectivity index (χ3n) is 5.19. The summed E-state index contributed by atoms with van der Waals surface area (Å²) in [5.74, 6) is -0.416. The highest BCUT2D eigenvalue weighted by Crippen LogP contribution is 2.34. The normalized spacial score (nSPS) is 18.1. The molecule has 0 spiro atoms. The van der Waals surface area contributed by atoms with Crippen molar-refractivity contribution < 1.29 is 9.59 Å². The molecular formula is C22H24N4O2. The molecule has 0 unspecified atom stereocenters. The number of likely N-dealkylation sites (N-methyl/N-ethyl adjacent to an activating group) is 1. The van der Waals surface area contributed by atoms with Gasteiger partial charge in [-0.15, -0.1) is 0 Å². The molecule has 0 aromatic heterocycles. The number of rotatable bonds is 5. The molecule has 4 rings (SSSR count). The number of hydrogen-bond acceptors (Lipinski definition) is 4. The molecular weight excluding hydrogens is 352 g/mol. The molecule has 1 fully saturated rings. The van der Waals surface area contributed by atoms with E-state index in [1.807, 2.05) is 24.0 Å². The van der Waals surface area contributed by atoms with E-state index in [1.54, 1.807) is 19.3 Å². The first-order chi connectivity index (χ1) is 13.5. The third-order valence-corrected chi connectivity index (χ3v) is 5.19. The van der Waals surface area contributed by atoms with Gasteiger partial charge in [-0.25, -0.2) is 0 Å². The average Bonchev–Trinajstić information content (AvgIpc) is 3.40. The van der Waals surface area contributed by atoms with Crippen LogP contribution in [-0.4, -0.2) is 35.5 Å². The highest BCUT2D eigenvalue weighted by Gasteiger charge is 2.29. The van der Waals surface area contributed by atoms with Crippen LogP contribution in [0.3, 0.4) is 0 Å². The minimum atomic E-state index is -0.257. The van der Waals surface area contributed by atoms with E-state index in [4.69, 9.17) is 0 Å². The topological polar surface area (TPSA) is 73.8 Å². The summed E-state index contributed by atoms with van der Waals surface area (Å²) < 4.78 is 0. The molecule has 1 saturated carbocycles. The Morgan fingerprint density at radius 3 is 2.79 bits per heavy atom. The second-order valence-corrected chi connectivity index (χ2v) is 7.49. The van der Waals surface area contributed by atoms with Crippen LogP contribution in [0.5, 0.6) is 0 Å². The number of amides is 2. The zero-order valence-corrected chi connectivity index (χ0v) is 16.2. The van der Waals surface area contributed by atoms with Gasteiger partial charge in [-0.3, -0.25) is 14.6 Å². The number of nitrogens with one attached hydrogen (secondary N) is 2. The van der Waals surface area contributed by atoms with Gasteiger partial charge in [0.2, 0.25) is 0 Å². The molecule has 1 aromatic rings. The molecule has 0 atom stereocenters. The summed E-state index contributed by atoms with van der Waals surface area (Å²) in [5, 5.41) is 5.62. The lowest BCUT2D eigenvalue weighted by Crippen LogP contribution is -2.33. The van der Waals surface area contributed by atoms with Crippen LogP contribution in [0.4, 0.5) is 5.69 Å². The van der Waals surface area contributed by atoms with Crippen LogP contribution in [0, 0.1) is 0 Å². The van der Waals surface area contributed by atoms with Gasteiger partial charge >= 0.3 is 0 Å². The number of benzene rings is 1. The monoisotopic (exact) mass is 376 g/mol. The summed E-state index contributed by atoms with van der Waals surface area (Å²) in [6, 6.07) is 6.39. The van der Waals surface area contributed by atoms with Gasteiger partial charge in [-0.2, -0.15) is 0 Å². The van der Waals surface area contributed by atoms with Gasteiger partial charge < -0.3 is 15.5 Å². The molecule has 0 bridgehead atoms. The Bertz CT molecular complexity index is 967. The number of hydrogen-bond donors (Lipinski definition) is 2. The summed E-state index contributed by atoms with van der Waals surface area (Å²) in [7, 11) is 1.57. The molecule has 0 saturated heterocycles. The van der Waals surface area contributed by atoms with Crippen molar-refractivity contribution in [1.82, 2.24) is 15.5 Å². The van der Waals surface area contributed by atoms with Crippen molar-refractivity contribution in [2.24, 2.45) is 4.99 Å². The lowest BCUT2D eigenvalue weighted by atomic mass is 10.0. The molecule has 1 aromatic carbocycles. The van der Waals surface area contributed by atoms with Crippen LogP contribution in [0.2, 0.25) is 0 Å². The molecule has 6 heteroatoms. The van der Waals surface area contributed by atoms with Gasteiger partial charge in [0, 0.05) is 43.7 Å². The van der Waals surface area contributed by atoms with Crippen molar-refractivity contribution in [3.63, 3.8) is 0 Å². The fraction of sp³-hybridized carbons (Fsp3) is 0.318.